The summed E-state index contributed by atoms with van der Waals surface area (Å²) in [6.45, 7) is 0.151. The Morgan fingerprint density at radius 2 is 2.00 bits per heavy atom. The number of hydrogen-bond donors (Lipinski definition) is 2. The van der Waals surface area contributed by atoms with Crippen LogP contribution in [-0.4, -0.2) is 18.4 Å². The van der Waals surface area contributed by atoms with Crippen LogP contribution >= 0.6 is 0 Å². The molecule has 3 aliphatic rings. The first-order valence-corrected chi connectivity index (χ1v) is 6.52. The van der Waals surface area contributed by atoms with Crippen LogP contribution in [0.1, 0.15) is 17.5 Å². The quantitative estimate of drug-likeness (QED) is 0.766. The van der Waals surface area contributed by atoms with Crippen LogP contribution in [0.2, 0.25) is 0 Å². The zero-order valence-electron chi connectivity index (χ0n) is 10.8. The number of amides is 2. The van der Waals surface area contributed by atoms with Crippen LogP contribution < -0.4 is 10.6 Å². The Morgan fingerprint density at radius 1 is 1.19 bits per heavy atom. The molecule has 4 rings (SSSR count). The lowest BCUT2D eigenvalue weighted by Crippen LogP contribution is -2.41. The molecule has 1 fully saturated rings. The number of benzene rings is 1. The summed E-state index contributed by atoms with van der Waals surface area (Å²) in [5.41, 5.74) is 0.747. The van der Waals surface area contributed by atoms with Gasteiger partial charge in [0.2, 0.25) is 0 Å². The van der Waals surface area contributed by atoms with Gasteiger partial charge < -0.3 is 10.6 Å². The van der Waals surface area contributed by atoms with E-state index in [2.05, 4.69) is 10.6 Å². The number of ketones is 1. The highest BCUT2D eigenvalue weighted by atomic mass is 19.1. The van der Waals surface area contributed by atoms with Gasteiger partial charge in [-0.05, 0) is 34.9 Å². The Balaban J connectivity index is 2.04. The molecule has 1 aromatic rings. The third kappa shape index (κ3) is 1.47. The van der Waals surface area contributed by atoms with Crippen molar-refractivity contribution in [2.24, 2.45) is 0 Å². The van der Waals surface area contributed by atoms with Crippen molar-refractivity contribution in [3.05, 3.63) is 52.6 Å². The molecule has 2 N–H and O–H groups in total. The Labute approximate surface area is 118 Å². The van der Waals surface area contributed by atoms with Crippen molar-refractivity contribution < 1.29 is 18.4 Å². The molecule has 0 bridgehead atoms. The molecule has 1 saturated heterocycles. The first-order valence-electron chi connectivity index (χ1n) is 6.52. The summed E-state index contributed by atoms with van der Waals surface area (Å²) >= 11 is 0. The number of hydrogen-bond acceptors (Lipinski definition) is 2. The lowest BCUT2D eigenvalue weighted by molar-refractivity contribution is -0.113. The van der Waals surface area contributed by atoms with Gasteiger partial charge in [0.25, 0.3) is 0 Å². The van der Waals surface area contributed by atoms with E-state index in [1.54, 1.807) is 0 Å². The molecule has 6 heteroatoms. The molecule has 4 nitrogen and oxygen atoms in total. The summed E-state index contributed by atoms with van der Waals surface area (Å²) in [5, 5.41) is 5.32. The van der Waals surface area contributed by atoms with Crippen LogP contribution in [-0.2, 0) is 10.3 Å². The van der Waals surface area contributed by atoms with Crippen LogP contribution in [0.25, 0.3) is 5.57 Å². The molecular weight excluding hydrogens is 278 g/mol. The van der Waals surface area contributed by atoms with Crippen molar-refractivity contribution in [1.82, 2.24) is 10.6 Å². The minimum absolute atomic E-state index is 0.151. The van der Waals surface area contributed by atoms with Crippen molar-refractivity contribution in [2.45, 2.75) is 12.0 Å². The number of urea groups is 1. The normalized spacial score (nSPS) is 26.5. The summed E-state index contributed by atoms with van der Waals surface area (Å²) in [4.78, 5) is 23.8. The van der Waals surface area contributed by atoms with Crippen molar-refractivity contribution in [1.29, 1.82) is 0 Å². The highest BCUT2D eigenvalue weighted by Gasteiger charge is 2.51. The van der Waals surface area contributed by atoms with E-state index in [9.17, 15) is 18.4 Å². The second-order valence-electron chi connectivity index (χ2n) is 5.38. The smallest absolute Gasteiger partial charge is 0.315 e. The van der Waals surface area contributed by atoms with Crippen molar-refractivity contribution in [2.75, 3.05) is 6.54 Å². The first-order chi connectivity index (χ1) is 10.0. The third-order valence-electron chi connectivity index (χ3n) is 4.19. The average Bonchev–Trinajstić information content (AvgIpc) is 2.92. The number of allylic oxidation sites excluding steroid dienone is 2. The predicted molar refractivity (Wildman–Crippen MR) is 70.3 cm³/mol. The molecule has 1 heterocycles. The fourth-order valence-corrected chi connectivity index (χ4v) is 3.36. The topological polar surface area (TPSA) is 58.2 Å². The Kier molecular flexibility index (Phi) is 2.21. The molecule has 1 spiro atoms. The van der Waals surface area contributed by atoms with E-state index in [1.807, 2.05) is 0 Å². The fourth-order valence-electron chi connectivity index (χ4n) is 3.36. The molecule has 0 saturated carbocycles. The molecular formula is C15H10F2N2O2. The number of carbonyl (C=O) groups excluding carboxylic acids is 2. The molecule has 2 aliphatic carbocycles. The molecule has 0 radical (unpaired) electrons. The molecule has 1 aliphatic heterocycles. The lowest BCUT2D eigenvalue weighted by Gasteiger charge is -2.27. The Morgan fingerprint density at radius 3 is 2.71 bits per heavy atom. The zero-order chi connectivity index (χ0) is 14.8. The number of nitrogens with one attached hydrogen (secondary N) is 2. The van der Waals surface area contributed by atoms with Gasteiger partial charge in [0, 0.05) is 5.57 Å². The molecule has 0 aromatic heterocycles. The maximum absolute atomic E-state index is 13.7. The molecule has 21 heavy (non-hydrogen) atoms. The first kappa shape index (κ1) is 12.3. The molecule has 2 amide bonds. The summed E-state index contributed by atoms with van der Waals surface area (Å²) in [6.07, 6.45) is 0.981. The third-order valence-corrected chi connectivity index (χ3v) is 4.19. The zero-order valence-corrected chi connectivity index (χ0v) is 10.8. The van der Waals surface area contributed by atoms with Crippen LogP contribution in [0.4, 0.5) is 13.6 Å². The Bertz CT molecular complexity index is 782. The van der Waals surface area contributed by atoms with Gasteiger partial charge in [-0.25, -0.2) is 13.6 Å². The van der Waals surface area contributed by atoms with Crippen LogP contribution in [0.3, 0.4) is 0 Å². The molecule has 1 aromatic carbocycles. The Hall–Kier alpha value is -2.50. The van der Waals surface area contributed by atoms with Gasteiger partial charge in [-0.3, -0.25) is 4.79 Å². The highest BCUT2D eigenvalue weighted by Crippen LogP contribution is 2.49. The maximum Gasteiger partial charge on any atom is 0.315 e. The number of rotatable bonds is 0. The van der Waals surface area contributed by atoms with E-state index in [1.165, 1.54) is 24.3 Å². The summed E-state index contributed by atoms with van der Waals surface area (Å²) < 4.78 is 27.3. The highest BCUT2D eigenvalue weighted by molar-refractivity contribution is 6.26. The van der Waals surface area contributed by atoms with E-state index in [0.717, 1.165) is 0 Å². The van der Waals surface area contributed by atoms with Gasteiger partial charge in [-0.15, -0.1) is 0 Å². The molecule has 1 atom stereocenters. The van der Waals surface area contributed by atoms with E-state index >= 15 is 0 Å². The predicted octanol–water partition coefficient (Wildman–Crippen LogP) is 1.93. The number of halogens is 2. The van der Waals surface area contributed by atoms with Crippen LogP contribution in [0.5, 0.6) is 0 Å². The van der Waals surface area contributed by atoms with E-state index in [0.29, 0.717) is 22.3 Å². The van der Waals surface area contributed by atoms with Crippen LogP contribution in [0.15, 0.2) is 35.7 Å². The van der Waals surface area contributed by atoms with E-state index in [-0.39, 0.29) is 18.7 Å². The van der Waals surface area contributed by atoms with Crippen molar-refractivity contribution in [3.63, 3.8) is 0 Å². The monoisotopic (exact) mass is 288 g/mol. The van der Waals surface area contributed by atoms with Crippen LogP contribution in [0, 0.1) is 5.82 Å². The largest absolute Gasteiger partial charge is 0.335 e. The minimum atomic E-state index is -1.07. The maximum atomic E-state index is 13.7. The minimum Gasteiger partial charge on any atom is -0.335 e. The number of fused-ring (bicyclic) bond motifs is 4. The summed E-state index contributed by atoms with van der Waals surface area (Å²) in [7, 11) is 0. The average molecular weight is 288 g/mol. The summed E-state index contributed by atoms with van der Waals surface area (Å²) in [6, 6.07) is 3.63. The van der Waals surface area contributed by atoms with Gasteiger partial charge in [0.05, 0.1) is 13.0 Å². The second kappa shape index (κ2) is 3.78. The van der Waals surface area contributed by atoms with E-state index < -0.39 is 23.2 Å². The molecule has 1 unspecified atom stereocenters. The van der Waals surface area contributed by atoms with Gasteiger partial charge in [-0.2, -0.15) is 0 Å². The summed E-state index contributed by atoms with van der Waals surface area (Å²) in [5.74, 6) is -1.37. The van der Waals surface area contributed by atoms with E-state index in [4.69, 9.17) is 0 Å². The van der Waals surface area contributed by atoms with Gasteiger partial charge in [0.15, 0.2) is 5.78 Å². The standard InChI is InChI=1S/C15H10F2N2O2/c16-7-1-2-9-10(3-7)15(6-18-14(21)19-15)11-4-8(17)5-12(20)13(9)11/h1-4H,5-6H2,(H2,18,19,21). The number of carbonyl (C=O) groups is 2. The number of Topliss-reactive ketones (excluding diaryl/α,β-unsaturated/α-hetero) is 1. The molecule has 106 valence electrons. The van der Waals surface area contributed by atoms with Crippen molar-refractivity contribution >= 4 is 17.4 Å². The van der Waals surface area contributed by atoms with Crippen molar-refractivity contribution in [3.8, 4) is 0 Å². The fraction of sp³-hybridized carbons (Fsp3) is 0.200. The van der Waals surface area contributed by atoms with Gasteiger partial charge >= 0.3 is 6.03 Å². The van der Waals surface area contributed by atoms with Gasteiger partial charge in [-0.1, -0.05) is 6.07 Å². The van der Waals surface area contributed by atoms with Gasteiger partial charge in [0.1, 0.15) is 17.2 Å². The second-order valence-corrected chi connectivity index (χ2v) is 5.38. The lowest BCUT2D eigenvalue weighted by atomic mass is 9.85. The SMILES string of the molecule is O=C1NCC2(N1)C1=C(C(=O)CC(F)=C1)c1ccc(F)cc12.